The minimum atomic E-state index is -0.588. The lowest BCUT2D eigenvalue weighted by Crippen LogP contribution is -2.36. The van der Waals surface area contributed by atoms with Gasteiger partial charge in [-0.2, -0.15) is 0 Å². The molecule has 94 valence electrons. The zero-order valence-electron chi connectivity index (χ0n) is 10.7. The summed E-state index contributed by atoms with van der Waals surface area (Å²) in [6, 6.07) is 1.35. The maximum atomic E-state index is 11.7. The Hall–Kier alpha value is -1.85. The number of hydrogen-bond acceptors (Lipinski definition) is 4. The summed E-state index contributed by atoms with van der Waals surface area (Å²) in [7, 11) is 1.49. The van der Waals surface area contributed by atoms with E-state index in [4.69, 9.17) is 4.74 Å². The predicted octanol–water partition coefficient (Wildman–Crippen LogP) is 1.45. The Morgan fingerprint density at radius 3 is 2.53 bits per heavy atom. The van der Waals surface area contributed by atoms with Gasteiger partial charge in [-0.1, -0.05) is 0 Å². The summed E-state index contributed by atoms with van der Waals surface area (Å²) >= 11 is 0. The second-order valence-electron chi connectivity index (χ2n) is 4.75. The van der Waals surface area contributed by atoms with Crippen molar-refractivity contribution in [2.75, 3.05) is 11.9 Å². The van der Waals surface area contributed by atoms with Gasteiger partial charge < -0.3 is 4.74 Å². The highest BCUT2D eigenvalue weighted by atomic mass is 16.6. The molecule has 0 fully saturated rings. The quantitative estimate of drug-likeness (QED) is 0.804. The molecule has 0 aliphatic heterocycles. The summed E-state index contributed by atoms with van der Waals surface area (Å²) in [5.41, 5.74) is -0.350. The standard InChI is InChI=1S/C11H17N3O3/c1-7-6-8(15)13-9(12-7)14(5)10(16)17-11(2,3)4/h6H,1-5H3,(H,12,13,15). The summed E-state index contributed by atoms with van der Waals surface area (Å²) in [5, 5.41) is 0. The van der Waals surface area contributed by atoms with Gasteiger partial charge in [0.1, 0.15) is 5.60 Å². The number of ether oxygens (including phenoxy) is 1. The Bertz CT molecular complexity index is 474. The molecule has 6 nitrogen and oxygen atoms in total. The number of aryl methyl sites for hydroxylation is 1. The topological polar surface area (TPSA) is 75.3 Å². The number of nitrogens with zero attached hydrogens (tertiary/aromatic N) is 2. The zero-order valence-corrected chi connectivity index (χ0v) is 10.7. The summed E-state index contributed by atoms with van der Waals surface area (Å²) in [5.74, 6) is 0.171. The number of H-pyrrole nitrogens is 1. The Labute approximate surface area is 99.6 Å². The Morgan fingerprint density at radius 2 is 2.06 bits per heavy atom. The number of anilines is 1. The molecular formula is C11H17N3O3. The van der Waals surface area contributed by atoms with Crippen molar-refractivity contribution in [1.82, 2.24) is 9.97 Å². The van der Waals surface area contributed by atoms with Crippen LogP contribution < -0.4 is 10.5 Å². The molecule has 1 amide bonds. The van der Waals surface area contributed by atoms with Gasteiger partial charge in [0.05, 0.1) is 0 Å². The summed E-state index contributed by atoms with van der Waals surface area (Å²) < 4.78 is 5.16. The minimum absolute atomic E-state index is 0.171. The first kappa shape index (κ1) is 13.2. The first-order valence-corrected chi connectivity index (χ1v) is 5.24. The number of hydrogen-bond donors (Lipinski definition) is 1. The molecule has 1 rings (SSSR count). The highest BCUT2D eigenvalue weighted by Crippen LogP contribution is 2.12. The van der Waals surface area contributed by atoms with Crippen molar-refractivity contribution in [3.05, 3.63) is 22.1 Å². The lowest BCUT2D eigenvalue weighted by molar-refractivity contribution is 0.0587. The second-order valence-corrected chi connectivity index (χ2v) is 4.75. The molecular weight excluding hydrogens is 222 g/mol. The van der Waals surface area contributed by atoms with E-state index in [1.165, 1.54) is 18.0 Å². The predicted molar refractivity (Wildman–Crippen MR) is 64.2 cm³/mol. The Kier molecular flexibility index (Phi) is 3.55. The van der Waals surface area contributed by atoms with Gasteiger partial charge in [0.15, 0.2) is 0 Å². The fourth-order valence-corrected chi connectivity index (χ4v) is 1.14. The smallest absolute Gasteiger partial charge is 0.416 e. The fourth-order valence-electron chi connectivity index (χ4n) is 1.14. The van der Waals surface area contributed by atoms with Crippen LogP contribution in [0.4, 0.5) is 10.7 Å². The van der Waals surface area contributed by atoms with Crippen molar-refractivity contribution in [2.45, 2.75) is 33.3 Å². The van der Waals surface area contributed by atoms with Crippen LogP contribution in [0.5, 0.6) is 0 Å². The first-order valence-electron chi connectivity index (χ1n) is 5.24. The molecule has 1 N–H and O–H groups in total. The number of carbonyl (C=O) groups is 1. The van der Waals surface area contributed by atoms with E-state index in [2.05, 4.69) is 9.97 Å². The van der Waals surface area contributed by atoms with Crippen LogP contribution in [0.25, 0.3) is 0 Å². The molecule has 0 saturated heterocycles. The maximum absolute atomic E-state index is 11.7. The molecule has 1 aromatic rings. The first-order chi connectivity index (χ1) is 7.69. The van der Waals surface area contributed by atoms with Crippen molar-refractivity contribution in [2.24, 2.45) is 0 Å². The van der Waals surface area contributed by atoms with Crippen molar-refractivity contribution in [3.8, 4) is 0 Å². The lowest BCUT2D eigenvalue weighted by atomic mass is 10.2. The SMILES string of the molecule is Cc1cc(=O)[nH]c(N(C)C(=O)OC(C)(C)C)n1. The molecule has 1 heterocycles. The van der Waals surface area contributed by atoms with Crippen LogP contribution in [0.1, 0.15) is 26.5 Å². The van der Waals surface area contributed by atoms with Gasteiger partial charge in [0, 0.05) is 18.8 Å². The maximum Gasteiger partial charge on any atom is 0.416 e. The molecule has 17 heavy (non-hydrogen) atoms. The minimum Gasteiger partial charge on any atom is -0.443 e. The number of aromatic amines is 1. The third-order valence-corrected chi connectivity index (χ3v) is 1.84. The van der Waals surface area contributed by atoms with E-state index in [1.54, 1.807) is 27.7 Å². The lowest BCUT2D eigenvalue weighted by Gasteiger charge is -2.23. The molecule has 0 unspecified atom stereocenters. The van der Waals surface area contributed by atoms with E-state index < -0.39 is 11.7 Å². The average Bonchev–Trinajstić information content (AvgIpc) is 2.12. The van der Waals surface area contributed by atoms with Crippen LogP contribution in [-0.2, 0) is 4.74 Å². The van der Waals surface area contributed by atoms with Crippen molar-refractivity contribution < 1.29 is 9.53 Å². The number of aromatic nitrogens is 2. The third kappa shape index (κ3) is 3.90. The van der Waals surface area contributed by atoms with Gasteiger partial charge in [0.2, 0.25) is 5.95 Å². The van der Waals surface area contributed by atoms with E-state index in [9.17, 15) is 9.59 Å². The van der Waals surface area contributed by atoms with Gasteiger partial charge in [0.25, 0.3) is 5.56 Å². The van der Waals surface area contributed by atoms with Crippen molar-refractivity contribution in [1.29, 1.82) is 0 Å². The summed E-state index contributed by atoms with van der Waals surface area (Å²) in [6.07, 6.45) is -0.564. The molecule has 0 radical (unpaired) electrons. The van der Waals surface area contributed by atoms with Gasteiger partial charge in [-0.3, -0.25) is 14.7 Å². The summed E-state index contributed by atoms with van der Waals surface area (Å²) in [4.78, 5) is 30.7. The Balaban J connectivity index is 2.93. The summed E-state index contributed by atoms with van der Waals surface area (Å²) in [6.45, 7) is 6.99. The van der Waals surface area contributed by atoms with Gasteiger partial charge >= 0.3 is 6.09 Å². The van der Waals surface area contributed by atoms with E-state index in [0.29, 0.717) is 5.69 Å². The van der Waals surface area contributed by atoms with E-state index in [-0.39, 0.29) is 11.5 Å². The molecule has 0 aromatic carbocycles. The largest absolute Gasteiger partial charge is 0.443 e. The van der Waals surface area contributed by atoms with E-state index in [1.807, 2.05) is 0 Å². The average molecular weight is 239 g/mol. The normalized spacial score (nSPS) is 11.1. The van der Waals surface area contributed by atoms with Crippen LogP contribution in [0, 0.1) is 6.92 Å². The van der Waals surface area contributed by atoms with Crippen molar-refractivity contribution in [3.63, 3.8) is 0 Å². The molecule has 0 aliphatic rings. The zero-order chi connectivity index (χ0) is 13.2. The third-order valence-electron chi connectivity index (χ3n) is 1.84. The highest BCUT2D eigenvalue weighted by Gasteiger charge is 2.21. The fraction of sp³-hybridized carbons (Fsp3) is 0.545. The van der Waals surface area contributed by atoms with Crippen LogP contribution in [0.3, 0.4) is 0 Å². The van der Waals surface area contributed by atoms with Crippen molar-refractivity contribution >= 4 is 12.0 Å². The molecule has 0 saturated carbocycles. The number of carbonyl (C=O) groups excluding carboxylic acids is 1. The van der Waals surface area contributed by atoms with E-state index >= 15 is 0 Å². The molecule has 0 bridgehead atoms. The number of amides is 1. The van der Waals surface area contributed by atoms with Crippen LogP contribution in [0.15, 0.2) is 10.9 Å². The van der Waals surface area contributed by atoms with Crippen LogP contribution in [-0.4, -0.2) is 28.7 Å². The number of rotatable bonds is 1. The monoisotopic (exact) mass is 239 g/mol. The van der Waals surface area contributed by atoms with Crippen LogP contribution in [0.2, 0.25) is 0 Å². The molecule has 0 spiro atoms. The highest BCUT2D eigenvalue weighted by molar-refractivity contribution is 5.84. The molecule has 0 atom stereocenters. The van der Waals surface area contributed by atoms with E-state index in [0.717, 1.165) is 0 Å². The van der Waals surface area contributed by atoms with Gasteiger partial charge in [-0.15, -0.1) is 0 Å². The number of nitrogens with one attached hydrogen (secondary N) is 1. The van der Waals surface area contributed by atoms with Gasteiger partial charge in [-0.25, -0.2) is 9.78 Å². The molecule has 0 aliphatic carbocycles. The van der Waals surface area contributed by atoms with Gasteiger partial charge in [-0.05, 0) is 27.7 Å². The second kappa shape index (κ2) is 4.57. The molecule has 1 aromatic heterocycles. The Morgan fingerprint density at radius 1 is 1.47 bits per heavy atom. The van der Waals surface area contributed by atoms with Crippen LogP contribution >= 0.6 is 0 Å². The molecule has 6 heteroatoms.